The van der Waals surface area contributed by atoms with Crippen molar-refractivity contribution < 1.29 is 29.0 Å². The normalized spacial score (nSPS) is 14.8. The minimum atomic E-state index is -1.55. The number of carboxylic acid groups (broad SMARTS) is 1. The number of carbonyl (C=O) groups is 3. The quantitative estimate of drug-likeness (QED) is 0.420. The molecule has 1 aliphatic carbocycles. The number of methoxy groups -OCH3 is 1. The van der Waals surface area contributed by atoms with Gasteiger partial charge in [-0.25, -0.2) is 9.59 Å². The van der Waals surface area contributed by atoms with Gasteiger partial charge in [-0.15, -0.1) is 0 Å². The predicted molar refractivity (Wildman–Crippen MR) is 132 cm³/mol. The average molecular weight is 483 g/mol. The molecule has 0 saturated carbocycles. The van der Waals surface area contributed by atoms with Gasteiger partial charge >= 0.3 is 12.1 Å². The Morgan fingerprint density at radius 1 is 1.06 bits per heavy atom. The van der Waals surface area contributed by atoms with Crippen LogP contribution in [0.3, 0.4) is 0 Å². The Morgan fingerprint density at radius 2 is 1.66 bits per heavy atom. The third kappa shape index (κ3) is 6.39. The van der Waals surface area contributed by atoms with Crippen LogP contribution >= 0.6 is 0 Å². The molecule has 35 heavy (non-hydrogen) atoms. The summed E-state index contributed by atoms with van der Waals surface area (Å²) in [7, 11) is 1.37. The van der Waals surface area contributed by atoms with Crippen LogP contribution in [0, 0.1) is 0 Å². The van der Waals surface area contributed by atoms with E-state index < -0.39 is 29.6 Å². The summed E-state index contributed by atoms with van der Waals surface area (Å²) >= 11 is 0. The SMILES string of the molecule is CCCC[C@H](CC(=O)NC(C)(COC)C(=O)O)NC(=O)OCC1c2ccccc2-c2ccccc21. The number of unbranched alkanes of at least 4 members (excludes halogenated alkanes) is 1. The Labute approximate surface area is 206 Å². The molecule has 0 aliphatic heterocycles. The fraction of sp³-hybridized carbons (Fsp3) is 0.444. The second-order valence-corrected chi connectivity index (χ2v) is 9.13. The molecule has 0 aromatic heterocycles. The van der Waals surface area contributed by atoms with Gasteiger partial charge in [-0.2, -0.15) is 0 Å². The number of hydrogen-bond donors (Lipinski definition) is 3. The lowest BCUT2D eigenvalue weighted by molar-refractivity contribution is -0.149. The number of carboxylic acids is 1. The molecule has 1 aliphatic rings. The summed E-state index contributed by atoms with van der Waals surface area (Å²) in [5, 5.41) is 14.8. The molecule has 0 heterocycles. The minimum absolute atomic E-state index is 0.0588. The average Bonchev–Trinajstić information content (AvgIpc) is 3.15. The van der Waals surface area contributed by atoms with Crippen molar-refractivity contribution in [2.24, 2.45) is 0 Å². The van der Waals surface area contributed by atoms with Gasteiger partial charge < -0.3 is 25.2 Å². The Balaban J connectivity index is 1.62. The van der Waals surface area contributed by atoms with Crippen LogP contribution < -0.4 is 10.6 Å². The van der Waals surface area contributed by atoms with E-state index in [0.29, 0.717) is 6.42 Å². The van der Waals surface area contributed by atoms with Crippen LogP contribution in [-0.2, 0) is 19.1 Å². The zero-order valence-corrected chi connectivity index (χ0v) is 20.5. The van der Waals surface area contributed by atoms with Crippen LogP contribution in [0.2, 0.25) is 0 Å². The number of ether oxygens (including phenoxy) is 2. The van der Waals surface area contributed by atoms with Gasteiger partial charge in [0.05, 0.1) is 6.61 Å². The minimum Gasteiger partial charge on any atom is -0.479 e. The van der Waals surface area contributed by atoms with E-state index in [4.69, 9.17) is 9.47 Å². The van der Waals surface area contributed by atoms with Crippen molar-refractivity contribution in [1.29, 1.82) is 0 Å². The zero-order valence-electron chi connectivity index (χ0n) is 20.5. The molecule has 0 radical (unpaired) electrons. The monoisotopic (exact) mass is 482 g/mol. The number of carbonyl (C=O) groups excluding carboxylic acids is 2. The second-order valence-electron chi connectivity index (χ2n) is 9.13. The van der Waals surface area contributed by atoms with Crippen molar-refractivity contribution in [2.75, 3.05) is 20.3 Å². The summed E-state index contributed by atoms with van der Waals surface area (Å²) in [6.45, 7) is 3.41. The van der Waals surface area contributed by atoms with Crippen LogP contribution in [0.4, 0.5) is 4.79 Å². The molecular weight excluding hydrogens is 448 g/mol. The standard InChI is InChI=1S/C27H34N2O6/c1-4-5-10-18(15-24(30)29-27(2,17-34-3)25(31)32)28-26(33)35-16-23-21-13-8-6-11-19(21)20-12-7-9-14-22(20)23/h6-9,11-14,18,23H,4-5,10,15-17H2,1-3H3,(H,28,33)(H,29,30)(H,31,32)/t18-,27?/m1/s1. The molecule has 1 unspecified atom stereocenters. The van der Waals surface area contributed by atoms with Gasteiger partial charge in [0.2, 0.25) is 5.91 Å². The highest BCUT2D eigenvalue weighted by atomic mass is 16.5. The Kier molecular flexibility index (Phi) is 8.87. The summed E-state index contributed by atoms with van der Waals surface area (Å²) in [5.41, 5.74) is 2.98. The molecule has 2 aromatic rings. The van der Waals surface area contributed by atoms with E-state index in [1.54, 1.807) is 0 Å². The Bertz CT molecular complexity index is 1010. The molecule has 2 aromatic carbocycles. The number of amides is 2. The van der Waals surface area contributed by atoms with Crippen molar-refractivity contribution in [1.82, 2.24) is 10.6 Å². The molecule has 3 N–H and O–H groups in total. The molecular formula is C27H34N2O6. The van der Waals surface area contributed by atoms with E-state index in [1.165, 1.54) is 14.0 Å². The third-order valence-corrected chi connectivity index (χ3v) is 6.32. The van der Waals surface area contributed by atoms with Crippen molar-refractivity contribution in [3.63, 3.8) is 0 Å². The highest BCUT2D eigenvalue weighted by Gasteiger charge is 2.35. The van der Waals surface area contributed by atoms with E-state index in [9.17, 15) is 19.5 Å². The first-order valence-corrected chi connectivity index (χ1v) is 11.9. The summed E-state index contributed by atoms with van der Waals surface area (Å²) in [6, 6.07) is 15.7. The highest BCUT2D eigenvalue weighted by Crippen LogP contribution is 2.44. The summed E-state index contributed by atoms with van der Waals surface area (Å²) in [4.78, 5) is 36.9. The lowest BCUT2D eigenvalue weighted by Crippen LogP contribution is -2.56. The molecule has 2 atom stereocenters. The first-order chi connectivity index (χ1) is 16.8. The van der Waals surface area contributed by atoms with Crippen molar-refractivity contribution in [3.05, 3.63) is 59.7 Å². The Morgan fingerprint density at radius 3 is 2.20 bits per heavy atom. The molecule has 3 rings (SSSR count). The largest absolute Gasteiger partial charge is 0.479 e. The summed E-state index contributed by atoms with van der Waals surface area (Å²) < 4.78 is 10.6. The molecule has 0 bridgehead atoms. The van der Waals surface area contributed by atoms with Crippen LogP contribution in [0.5, 0.6) is 0 Å². The van der Waals surface area contributed by atoms with E-state index in [2.05, 4.69) is 34.9 Å². The third-order valence-electron chi connectivity index (χ3n) is 6.32. The van der Waals surface area contributed by atoms with Gasteiger partial charge in [-0.05, 0) is 35.6 Å². The zero-order chi connectivity index (χ0) is 25.4. The first kappa shape index (κ1) is 26.2. The van der Waals surface area contributed by atoms with Gasteiger partial charge in [-0.3, -0.25) is 4.79 Å². The maximum Gasteiger partial charge on any atom is 0.407 e. The molecule has 0 fully saturated rings. The van der Waals surface area contributed by atoms with E-state index in [0.717, 1.165) is 35.1 Å². The maximum atomic E-state index is 12.7. The van der Waals surface area contributed by atoms with Gasteiger partial charge in [0, 0.05) is 25.5 Å². The van der Waals surface area contributed by atoms with Gasteiger partial charge in [-0.1, -0.05) is 68.3 Å². The molecule has 0 saturated heterocycles. The van der Waals surface area contributed by atoms with E-state index in [1.807, 2.05) is 31.2 Å². The van der Waals surface area contributed by atoms with Crippen LogP contribution in [0.15, 0.2) is 48.5 Å². The fourth-order valence-electron chi connectivity index (χ4n) is 4.51. The highest BCUT2D eigenvalue weighted by molar-refractivity contribution is 5.87. The van der Waals surface area contributed by atoms with Gasteiger partial charge in [0.1, 0.15) is 6.61 Å². The van der Waals surface area contributed by atoms with Crippen molar-refractivity contribution >= 4 is 18.0 Å². The number of benzene rings is 2. The lowest BCUT2D eigenvalue weighted by atomic mass is 9.98. The van der Waals surface area contributed by atoms with E-state index in [-0.39, 0.29) is 25.6 Å². The number of fused-ring (bicyclic) bond motifs is 3. The van der Waals surface area contributed by atoms with Crippen LogP contribution in [-0.4, -0.2) is 55.0 Å². The summed E-state index contributed by atoms with van der Waals surface area (Å²) in [5.74, 6) is -1.73. The number of rotatable bonds is 12. The number of aliphatic carboxylic acids is 1. The smallest absolute Gasteiger partial charge is 0.407 e. The van der Waals surface area contributed by atoms with Gasteiger partial charge in [0.25, 0.3) is 0 Å². The predicted octanol–water partition coefficient (Wildman–Crippen LogP) is 4.08. The molecule has 8 nitrogen and oxygen atoms in total. The maximum absolute atomic E-state index is 12.7. The van der Waals surface area contributed by atoms with E-state index >= 15 is 0 Å². The van der Waals surface area contributed by atoms with Crippen molar-refractivity contribution in [2.45, 2.75) is 57.0 Å². The van der Waals surface area contributed by atoms with Crippen molar-refractivity contribution in [3.8, 4) is 11.1 Å². The number of alkyl carbamates (subject to hydrolysis) is 1. The molecule has 2 amide bonds. The second kappa shape index (κ2) is 11.8. The molecule has 8 heteroatoms. The topological polar surface area (TPSA) is 114 Å². The molecule has 188 valence electrons. The van der Waals surface area contributed by atoms with Gasteiger partial charge in [0.15, 0.2) is 5.54 Å². The molecule has 0 spiro atoms. The number of nitrogens with one attached hydrogen (secondary N) is 2. The lowest BCUT2D eigenvalue weighted by Gasteiger charge is -2.26. The Hall–Kier alpha value is -3.39. The fourth-order valence-corrected chi connectivity index (χ4v) is 4.51. The van der Waals surface area contributed by atoms with Crippen LogP contribution in [0.25, 0.3) is 11.1 Å². The van der Waals surface area contributed by atoms with Crippen LogP contribution in [0.1, 0.15) is 56.6 Å². The summed E-state index contributed by atoms with van der Waals surface area (Å²) in [6.07, 6.45) is 1.61. The number of hydrogen-bond acceptors (Lipinski definition) is 5. The first-order valence-electron chi connectivity index (χ1n) is 11.9.